The first-order chi connectivity index (χ1) is 4.41. The Morgan fingerprint density at radius 3 is 2.89 bits per heavy atom. The van der Waals surface area contributed by atoms with Gasteiger partial charge in [-0.25, -0.2) is 4.99 Å². The highest BCUT2D eigenvalue weighted by Crippen LogP contribution is 1.87. The molecule has 50 valence electrons. The summed E-state index contributed by atoms with van der Waals surface area (Å²) in [5, 5.41) is 0. The molecule has 0 aromatic heterocycles. The van der Waals surface area contributed by atoms with E-state index in [1.54, 1.807) is 6.20 Å². The van der Waals surface area contributed by atoms with Crippen LogP contribution in [-0.2, 0) is 0 Å². The molecule has 0 aromatic rings. The van der Waals surface area contributed by atoms with Gasteiger partial charge in [0.25, 0.3) is 0 Å². The van der Waals surface area contributed by atoms with E-state index >= 15 is 0 Å². The molecule has 0 aliphatic heterocycles. The molecule has 0 saturated carbocycles. The standard InChI is InChI=1S/C7H12N2/c1-3-4-5-6-9-7-8-2/h5-7H,2-4H2,1H3. The van der Waals surface area contributed by atoms with Gasteiger partial charge in [0, 0.05) is 6.20 Å². The number of unbranched alkanes of at least 4 members (excludes halogenated alkanes) is 1. The predicted octanol–water partition coefficient (Wildman–Crippen LogP) is 2.03. The van der Waals surface area contributed by atoms with Gasteiger partial charge in [-0.2, -0.15) is 0 Å². The van der Waals surface area contributed by atoms with Gasteiger partial charge in [0.2, 0.25) is 0 Å². The maximum absolute atomic E-state index is 3.79. The Bertz CT molecular complexity index is 114. The molecule has 0 N–H and O–H groups in total. The van der Waals surface area contributed by atoms with E-state index in [-0.39, 0.29) is 0 Å². The van der Waals surface area contributed by atoms with Gasteiger partial charge in [0.15, 0.2) is 0 Å². The number of hydrogen-bond donors (Lipinski definition) is 0. The van der Waals surface area contributed by atoms with Gasteiger partial charge in [0.1, 0.15) is 6.34 Å². The average molecular weight is 124 g/mol. The van der Waals surface area contributed by atoms with Crippen molar-refractivity contribution in [2.45, 2.75) is 19.8 Å². The zero-order chi connectivity index (χ0) is 6.95. The molecule has 0 fully saturated rings. The van der Waals surface area contributed by atoms with Crippen molar-refractivity contribution in [3.63, 3.8) is 0 Å². The largest absolute Gasteiger partial charge is 0.253 e. The van der Waals surface area contributed by atoms with Crippen molar-refractivity contribution >= 4 is 13.1 Å². The molecule has 0 rings (SSSR count). The minimum absolute atomic E-state index is 1.08. The van der Waals surface area contributed by atoms with Crippen molar-refractivity contribution in [1.82, 2.24) is 0 Å². The van der Waals surface area contributed by atoms with E-state index in [1.807, 2.05) is 6.08 Å². The normalized spacial score (nSPS) is 11.2. The summed E-state index contributed by atoms with van der Waals surface area (Å²) < 4.78 is 0. The lowest BCUT2D eigenvalue weighted by Crippen LogP contribution is -1.61. The van der Waals surface area contributed by atoms with Crippen molar-refractivity contribution in [2.75, 3.05) is 0 Å². The molecule has 0 heterocycles. The van der Waals surface area contributed by atoms with Crippen molar-refractivity contribution in [2.24, 2.45) is 9.98 Å². The van der Waals surface area contributed by atoms with Crippen LogP contribution in [0.1, 0.15) is 19.8 Å². The highest BCUT2D eigenvalue weighted by molar-refractivity contribution is 5.62. The number of hydrogen-bond acceptors (Lipinski definition) is 1. The van der Waals surface area contributed by atoms with E-state index < -0.39 is 0 Å². The third kappa shape index (κ3) is 7.08. The van der Waals surface area contributed by atoms with Crippen LogP contribution in [0.15, 0.2) is 22.3 Å². The van der Waals surface area contributed by atoms with Crippen LogP contribution in [0.25, 0.3) is 0 Å². The van der Waals surface area contributed by atoms with Crippen molar-refractivity contribution in [1.29, 1.82) is 0 Å². The Morgan fingerprint density at radius 1 is 1.56 bits per heavy atom. The predicted molar refractivity (Wildman–Crippen MR) is 42.1 cm³/mol. The fourth-order valence-corrected chi connectivity index (χ4v) is 0.388. The molecule has 0 aromatic carbocycles. The topological polar surface area (TPSA) is 24.7 Å². The number of rotatable bonds is 4. The zero-order valence-corrected chi connectivity index (χ0v) is 5.75. The van der Waals surface area contributed by atoms with Gasteiger partial charge >= 0.3 is 0 Å². The summed E-state index contributed by atoms with van der Waals surface area (Å²) in [7, 11) is 0. The Morgan fingerprint density at radius 2 is 2.33 bits per heavy atom. The monoisotopic (exact) mass is 124 g/mol. The first-order valence-corrected chi connectivity index (χ1v) is 3.04. The highest BCUT2D eigenvalue weighted by atomic mass is 14.8. The van der Waals surface area contributed by atoms with Gasteiger partial charge in [0.05, 0.1) is 0 Å². The molecule has 9 heavy (non-hydrogen) atoms. The first-order valence-electron chi connectivity index (χ1n) is 3.04. The van der Waals surface area contributed by atoms with Crippen LogP contribution < -0.4 is 0 Å². The summed E-state index contributed by atoms with van der Waals surface area (Å²) in [6.45, 7) is 5.37. The molecule has 0 amide bonds. The lowest BCUT2D eigenvalue weighted by molar-refractivity contribution is 0.956. The van der Waals surface area contributed by atoms with Gasteiger partial charge in [-0.05, 0) is 13.1 Å². The molecule has 0 aliphatic carbocycles. The second-order valence-electron chi connectivity index (χ2n) is 1.62. The Balaban J connectivity index is 3.23. The summed E-state index contributed by atoms with van der Waals surface area (Å²) in [6.07, 6.45) is 7.40. The van der Waals surface area contributed by atoms with E-state index in [9.17, 15) is 0 Å². The van der Waals surface area contributed by atoms with Crippen LogP contribution in [0.3, 0.4) is 0 Å². The molecule has 2 heteroatoms. The van der Waals surface area contributed by atoms with E-state index in [0.717, 1.165) is 12.8 Å². The second kappa shape index (κ2) is 7.08. The number of aliphatic imine (C=N–C) groups is 2. The van der Waals surface area contributed by atoms with E-state index in [2.05, 4.69) is 23.6 Å². The third-order valence-electron chi connectivity index (χ3n) is 0.795. The van der Waals surface area contributed by atoms with E-state index in [0.29, 0.717) is 0 Å². The summed E-state index contributed by atoms with van der Waals surface area (Å²) in [5.74, 6) is 0. The van der Waals surface area contributed by atoms with E-state index in [4.69, 9.17) is 0 Å². The quantitative estimate of drug-likeness (QED) is 0.404. The molecule has 0 spiro atoms. The SMILES string of the molecule is C=NC=NC=CCCC. The molecule has 0 atom stereocenters. The van der Waals surface area contributed by atoms with Crippen molar-refractivity contribution in [3.05, 3.63) is 12.3 Å². The highest BCUT2D eigenvalue weighted by Gasteiger charge is 1.68. The molecule has 0 bridgehead atoms. The van der Waals surface area contributed by atoms with Crippen LogP contribution in [0.4, 0.5) is 0 Å². The average Bonchev–Trinajstić information content (AvgIpc) is 1.89. The zero-order valence-electron chi connectivity index (χ0n) is 5.75. The van der Waals surface area contributed by atoms with Crippen molar-refractivity contribution in [3.8, 4) is 0 Å². The molecular formula is C7H12N2. The van der Waals surface area contributed by atoms with E-state index in [1.165, 1.54) is 6.34 Å². The molecule has 0 unspecified atom stereocenters. The Hall–Kier alpha value is -0.920. The number of allylic oxidation sites excluding steroid dienone is 1. The van der Waals surface area contributed by atoms with Crippen LogP contribution in [0.5, 0.6) is 0 Å². The third-order valence-corrected chi connectivity index (χ3v) is 0.795. The van der Waals surface area contributed by atoms with Crippen LogP contribution in [0, 0.1) is 0 Å². The Labute approximate surface area is 56.0 Å². The first kappa shape index (κ1) is 8.08. The minimum Gasteiger partial charge on any atom is -0.253 e. The lowest BCUT2D eigenvalue weighted by Gasteiger charge is -1.78. The smallest absolute Gasteiger partial charge is 0.114 e. The van der Waals surface area contributed by atoms with Crippen LogP contribution >= 0.6 is 0 Å². The summed E-state index contributed by atoms with van der Waals surface area (Å²) in [6, 6.07) is 0. The van der Waals surface area contributed by atoms with Gasteiger partial charge in [-0.3, -0.25) is 4.99 Å². The molecular weight excluding hydrogens is 112 g/mol. The van der Waals surface area contributed by atoms with Gasteiger partial charge in [-0.1, -0.05) is 19.4 Å². The molecule has 2 nitrogen and oxygen atoms in total. The van der Waals surface area contributed by atoms with Gasteiger partial charge in [-0.15, -0.1) is 0 Å². The second-order valence-corrected chi connectivity index (χ2v) is 1.62. The molecule has 0 saturated heterocycles. The maximum atomic E-state index is 3.79. The summed E-state index contributed by atoms with van der Waals surface area (Å²) in [5.41, 5.74) is 0. The van der Waals surface area contributed by atoms with Crippen molar-refractivity contribution < 1.29 is 0 Å². The lowest BCUT2D eigenvalue weighted by atomic mass is 10.3. The molecule has 0 radical (unpaired) electrons. The summed E-state index contributed by atoms with van der Waals surface area (Å²) in [4.78, 5) is 7.23. The fraction of sp³-hybridized carbons (Fsp3) is 0.429. The summed E-state index contributed by atoms with van der Waals surface area (Å²) >= 11 is 0. The van der Waals surface area contributed by atoms with Crippen LogP contribution in [-0.4, -0.2) is 13.1 Å². The number of nitrogens with zero attached hydrogens (tertiary/aromatic N) is 2. The molecule has 0 aliphatic rings. The van der Waals surface area contributed by atoms with Crippen LogP contribution in [0.2, 0.25) is 0 Å². The van der Waals surface area contributed by atoms with Gasteiger partial charge < -0.3 is 0 Å². The minimum atomic E-state index is 1.08. The fourth-order valence-electron chi connectivity index (χ4n) is 0.388. The maximum Gasteiger partial charge on any atom is 0.114 e. The Kier molecular flexibility index (Phi) is 6.36.